The minimum Gasteiger partial charge on any atom is -0.394 e. The Morgan fingerprint density at radius 2 is 2.33 bits per heavy atom. The third-order valence-corrected chi connectivity index (χ3v) is 2.87. The molecule has 0 radical (unpaired) electrons. The molecule has 2 nitrogen and oxygen atoms in total. The first-order valence-corrected chi connectivity index (χ1v) is 4.57. The maximum absolute atomic E-state index is 9.35. The minimum absolute atomic E-state index is 0.00579. The van der Waals surface area contributed by atoms with E-state index in [9.17, 15) is 5.11 Å². The van der Waals surface area contributed by atoms with Crippen molar-refractivity contribution in [2.24, 2.45) is 0 Å². The second-order valence-electron chi connectivity index (χ2n) is 4.04. The first-order valence-electron chi connectivity index (χ1n) is 4.57. The molecule has 0 spiro atoms. The largest absolute Gasteiger partial charge is 0.394 e. The molecule has 1 aliphatic rings. The number of likely N-dealkylation sites (N-methyl/N-ethyl adjacent to an activating group) is 1. The van der Waals surface area contributed by atoms with Crippen molar-refractivity contribution in [2.75, 3.05) is 20.2 Å². The van der Waals surface area contributed by atoms with Crippen molar-refractivity contribution in [1.29, 1.82) is 0 Å². The fourth-order valence-electron chi connectivity index (χ4n) is 2.11. The van der Waals surface area contributed by atoms with Gasteiger partial charge in [-0.25, -0.2) is 0 Å². The number of hydrogen-bond acceptors (Lipinski definition) is 2. The highest BCUT2D eigenvalue weighted by molar-refractivity contribution is 5.04. The Morgan fingerprint density at radius 1 is 1.67 bits per heavy atom. The van der Waals surface area contributed by atoms with Crippen molar-refractivity contribution in [3.8, 4) is 0 Å². The summed E-state index contributed by atoms with van der Waals surface area (Å²) in [6.45, 7) is 7.30. The summed E-state index contributed by atoms with van der Waals surface area (Å²) >= 11 is 0. The van der Waals surface area contributed by atoms with Gasteiger partial charge in [0.2, 0.25) is 0 Å². The highest BCUT2D eigenvalue weighted by Gasteiger charge is 2.37. The minimum atomic E-state index is 0.00579. The summed E-state index contributed by atoms with van der Waals surface area (Å²) in [6, 6.07) is 0. The van der Waals surface area contributed by atoms with Gasteiger partial charge >= 0.3 is 0 Å². The van der Waals surface area contributed by atoms with Crippen molar-refractivity contribution in [2.45, 2.75) is 31.7 Å². The van der Waals surface area contributed by atoms with Crippen LogP contribution < -0.4 is 0 Å². The molecule has 1 aliphatic heterocycles. The van der Waals surface area contributed by atoms with Gasteiger partial charge < -0.3 is 5.11 Å². The Balaban J connectivity index is 2.67. The summed E-state index contributed by atoms with van der Waals surface area (Å²) in [5, 5.41) is 9.35. The molecular weight excluding hydrogens is 150 g/mol. The van der Waals surface area contributed by atoms with Gasteiger partial charge in [0.15, 0.2) is 0 Å². The fourth-order valence-corrected chi connectivity index (χ4v) is 2.11. The lowest BCUT2D eigenvalue weighted by atomic mass is 9.90. The zero-order valence-corrected chi connectivity index (χ0v) is 8.14. The first kappa shape index (κ1) is 9.75. The van der Waals surface area contributed by atoms with Crippen molar-refractivity contribution in [1.82, 2.24) is 4.90 Å². The van der Waals surface area contributed by atoms with Crippen LogP contribution in [0.25, 0.3) is 0 Å². The van der Waals surface area contributed by atoms with E-state index in [4.69, 9.17) is 0 Å². The van der Waals surface area contributed by atoms with Crippen LogP contribution in [-0.2, 0) is 0 Å². The maximum Gasteiger partial charge on any atom is 0.0618 e. The molecule has 1 saturated heterocycles. The number of aliphatic hydroxyl groups is 1. The molecule has 0 aromatic heterocycles. The van der Waals surface area contributed by atoms with Gasteiger partial charge in [-0.05, 0) is 39.8 Å². The third kappa shape index (κ3) is 1.70. The summed E-state index contributed by atoms with van der Waals surface area (Å²) in [6.07, 6.45) is 3.23. The molecule has 0 aliphatic carbocycles. The highest BCUT2D eigenvalue weighted by atomic mass is 16.3. The van der Waals surface area contributed by atoms with Crippen LogP contribution in [0.15, 0.2) is 12.2 Å². The summed E-state index contributed by atoms with van der Waals surface area (Å²) in [7, 11) is 2.09. The van der Waals surface area contributed by atoms with Gasteiger partial charge in [0.1, 0.15) is 0 Å². The van der Waals surface area contributed by atoms with E-state index in [0.717, 1.165) is 25.0 Å². The third-order valence-electron chi connectivity index (χ3n) is 2.87. The van der Waals surface area contributed by atoms with Crippen LogP contribution in [0.2, 0.25) is 0 Å². The van der Waals surface area contributed by atoms with Gasteiger partial charge in [-0.2, -0.15) is 0 Å². The standard InChI is InChI=1S/C10H19NO/c1-9(2)7-10(8-12)5-4-6-11(10)3/h12H,1,4-8H2,2-3H3. The molecule has 0 aromatic rings. The van der Waals surface area contributed by atoms with Gasteiger partial charge in [0, 0.05) is 5.54 Å². The van der Waals surface area contributed by atoms with Crippen molar-refractivity contribution in [3.63, 3.8) is 0 Å². The number of aliphatic hydroxyl groups excluding tert-OH is 1. The van der Waals surface area contributed by atoms with E-state index >= 15 is 0 Å². The van der Waals surface area contributed by atoms with Gasteiger partial charge in [-0.3, -0.25) is 4.90 Å². The monoisotopic (exact) mass is 169 g/mol. The molecule has 2 heteroatoms. The van der Waals surface area contributed by atoms with E-state index in [1.165, 1.54) is 6.42 Å². The summed E-state index contributed by atoms with van der Waals surface area (Å²) in [5.74, 6) is 0. The molecule has 1 unspecified atom stereocenters. The van der Waals surface area contributed by atoms with Crippen molar-refractivity contribution >= 4 is 0 Å². The molecule has 0 amide bonds. The zero-order chi connectivity index (χ0) is 9.19. The second-order valence-corrected chi connectivity index (χ2v) is 4.04. The Bertz CT molecular complexity index is 179. The lowest BCUT2D eigenvalue weighted by molar-refractivity contribution is 0.0841. The Hall–Kier alpha value is -0.340. The van der Waals surface area contributed by atoms with Gasteiger partial charge in [0.25, 0.3) is 0 Å². The molecule has 1 fully saturated rings. The molecule has 1 N–H and O–H groups in total. The first-order chi connectivity index (χ1) is 5.60. The molecule has 0 saturated carbocycles. The average Bonchev–Trinajstić information content (AvgIpc) is 2.32. The molecule has 70 valence electrons. The van der Waals surface area contributed by atoms with Crippen LogP contribution in [0.3, 0.4) is 0 Å². The van der Waals surface area contributed by atoms with Gasteiger partial charge in [0.05, 0.1) is 6.61 Å². The Kier molecular flexibility index (Phi) is 2.91. The lowest BCUT2D eigenvalue weighted by Crippen LogP contribution is -2.44. The van der Waals surface area contributed by atoms with Crippen LogP contribution in [0.5, 0.6) is 0 Å². The second kappa shape index (κ2) is 3.58. The topological polar surface area (TPSA) is 23.5 Å². The SMILES string of the molecule is C=C(C)CC1(CO)CCCN1C. The van der Waals surface area contributed by atoms with Crippen LogP contribution in [0.4, 0.5) is 0 Å². The molecule has 12 heavy (non-hydrogen) atoms. The molecule has 0 aromatic carbocycles. The number of rotatable bonds is 3. The van der Waals surface area contributed by atoms with Crippen LogP contribution in [0, 0.1) is 0 Å². The van der Waals surface area contributed by atoms with E-state index in [2.05, 4.69) is 18.5 Å². The summed E-state index contributed by atoms with van der Waals surface area (Å²) in [5.41, 5.74) is 1.17. The molecule has 1 heterocycles. The summed E-state index contributed by atoms with van der Waals surface area (Å²) in [4.78, 5) is 2.27. The van der Waals surface area contributed by atoms with Crippen molar-refractivity contribution < 1.29 is 5.11 Å². The highest BCUT2D eigenvalue weighted by Crippen LogP contribution is 2.32. The number of likely N-dealkylation sites (tertiary alicyclic amines) is 1. The molecule has 0 bridgehead atoms. The predicted octanol–water partition coefficient (Wildman–Crippen LogP) is 1.41. The van der Waals surface area contributed by atoms with E-state index in [0.29, 0.717) is 0 Å². The van der Waals surface area contributed by atoms with Crippen molar-refractivity contribution in [3.05, 3.63) is 12.2 Å². The van der Waals surface area contributed by atoms with Crippen LogP contribution >= 0.6 is 0 Å². The Morgan fingerprint density at radius 3 is 2.67 bits per heavy atom. The lowest BCUT2D eigenvalue weighted by Gasteiger charge is -2.34. The van der Waals surface area contributed by atoms with E-state index in [1.807, 2.05) is 6.92 Å². The van der Waals surface area contributed by atoms with E-state index in [1.54, 1.807) is 0 Å². The number of nitrogens with zero attached hydrogens (tertiary/aromatic N) is 1. The number of hydrogen-bond donors (Lipinski definition) is 1. The average molecular weight is 169 g/mol. The maximum atomic E-state index is 9.35. The molecular formula is C10H19NO. The molecule has 1 atom stereocenters. The normalized spacial score (nSPS) is 30.9. The smallest absolute Gasteiger partial charge is 0.0618 e. The van der Waals surface area contributed by atoms with E-state index < -0.39 is 0 Å². The van der Waals surface area contributed by atoms with Gasteiger partial charge in [-0.15, -0.1) is 6.58 Å². The van der Waals surface area contributed by atoms with Crippen LogP contribution in [0.1, 0.15) is 26.2 Å². The zero-order valence-electron chi connectivity index (χ0n) is 8.14. The molecule has 1 rings (SSSR count). The van der Waals surface area contributed by atoms with Crippen LogP contribution in [-0.4, -0.2) is 35.7 Å². The predicted molar refractivity (Wildman–Crippen MR) is 51.1 cm³/mol. The quantitative estimate of drug-likeness (QED) is 0.646. The fraction of sp³-hybridized carbons (Fsp3) is 0.800. The summed E-state index contributed by atoms with van der Waals surface area (Å²) < 4.78 is 0. The Labute approximate surface area is 74.9 Å². The van der Waals surface area contributed by atoms with E-state index in [-0.39, 0.29) is 12.1 Å². The van der Waals surface area contributed by atoms with Gasteiger partial charge in [-0.1, -0.05) is 5.57 Å².